The van der Waals surface area contributed by atoms with Crippen molar-refractivity contribution in [2.45, 2.75) is 178 Å². The van der Waals surface area contributed by atoms with Gasteiger partial charge in [-0.1, -0.05) is 116 Å². The highest BCUT2D eigenvalue weighted by Gasteiger charge is 2.41. The van der Waals surface area contributed by atoms with E-state index < -0.39 is 36.2 Å². The Labute approximate surface area is 230 Å². The Bertz CT molecular complexity index is 609. The summed E-state index contributed by atoms with van der Waals surface area (Å²) in [5, 5.41) is 41.7. The minimum atomic E-state index is -2.07. The molecule has 8 nitrogen and oxygen atoms in total. The van der Waals surface area contributed by atoms with Gasteiger partial charge in [0.2, 0.25) is 5.91 Å². The molecule has 8 heteroatoms. The Kier molecular flexibility index (Phi) is 16.5. The van der Waals surface area contributed by atoms with Crippen LogP contribution in [-0.4, -0.2) is 73.6 Å². The molecule has 0 aromatic heterocycles. The minimum absolute atomic E-state index is 0.0418. The molecule has 38 heavy (non-hydrogen) atoms. The lowest BCUT2D eigenvalue weighted by Gasteiger charge is -2.41. The van der Waals surface area contributed by atoms with Crippen LogP contribution in [0.15, 0.2) is 0 Å². The van der Waals surface area contributed by atoms with Crippen LogP contribution in [0.25, 0.3) is 0 Å². The number of nitrogens with two attached hydrogens (primary N) is 1. The predicted octanol–water partition coefficient (Wildman–Crippen LogP) is 4.09. The fraction of sp³-hybridized carbons (Fsp3) is 0.933. The van der Waals surface area contributed by atoms with Gasteiger partial charge in [-0.25, -0.2) is 0 Å². The van der Waals surface area contributed by atoms with Crippen molar-refractivity contribution in [1.29, 1.82) is 0 Å². The zero-order valence-electron chi connectivity index (χ0n) is 23.7. The second-order valence-electron chi connectivity index (χ2n) is 11.8. The molecule has 0 aromatic carbocycles. The Balaban J connectivity index is 2.29. The summed E-state index contributed by atoms with van der Waals surface area (Å²) in [6.45, 7) is 0. The van der Waals surface area contributed by atoms with Crippen molar-refractivity contribution in [2.24, 2.45) is 5.73 Å². The summed E-state index contributed by atoms with van der Waals surface area (Å²) in [5.74, 6) is -1.82. The van der Waals surface area contributed by atoms with Crippen LogP contribution in [0.5, 0.6) is 0 Å². The molecule has 0 bridgehead atoms. The van der Waals surface area contributed by atoms with E-state index in [0.29, 0.717) is 0 Å². The van der Waals surface area contributed by atoms with Gasteiger partial charge in [-0.05, 0) is 25.7 Å². The SMILES string of the molecule is NC(=O)[C@@H](O)[C@@H](O)[C@H](O)[C@H](O)C(=O)N(C1CCCCCCCCCCC1)C1CCCCCCCCCCC1. The summed E-state index contributed by atoms with van der Waals surface area (Å²) in [7, 11) is 0. The Morgan fingerprint density at radius 1 is 0.500 bits per heavy atom. The standard InChI is InChI=1S/C30H56N2O6/c31-29(37)27(35)25(33)26(34)28(36)30(38)32(23-19-15-11-7-3-1-4-8-12-16-20-23)24-21-17-13-9-5-2-6-10-14-18-22-24/h23-28,33-36H,1-22H2,(H2,31,37)/t25-,26-,27-,28-/m0/s1. The van der Waals surface area contributed by atoms with E-state index in [9.17, 15) is 30.0 Å². The van der Waals surface area contributed by atoms with Gasteiger partial charge in [-0.2, -0.15) is 0 Å². The molecule has 0 radical (unpaired) electrons. The number of carbonyl (C=O) groups is 2. The molecule has 0 aromatic rings. The first kappa shape index (κ1) is 33.0. The van der Waals surface area contributed by atoms with Gasteiger partial charge in [-0.15, -0.1) is 0 Å². The number of rotatable bonds is 7. The van der Waals surface area contributed by atoms with Crippen molar-refractivity contribution in [1.82, 2.24) is 4.90 Å². The predicted molar refractivity (Wildman–Crippen MR) is 149 cm³/mol. The van der Waals surface area contributed by atoms with E-state index in [1.54, 1.807) is 0 Å². The lowest BCUT2D eigenvalue weighted by Crippen LogP contribution is -2.58. The fourth-order valence-corrected chi connectivity index (χ4v) is 6.34. The molecule has 4 atom stereocenters. The third kappa shape index (κ3) is 11.5. The molecule has 0 heterocycles. The average Bonchev–Trinajstić information content (AvgIpc) is 2.89. The third-order valence-electron chi connectivity index (χ3n) is 8.73. The molecular formula is C30H56N2O6. The van der Waals surface area contributed by atoms with Gasteiger partial charge in [0, 0.05) is 12.1 Å². The van der Waals surface area contributed by atoms with Crippen LogP contribution >= 0.6 is 0 Å². The summed E-state index contributed by atoms with van der Waals surface area (Å²) in [6.07, 6.45) is 16.3. The van der Waals surface area contributed by atoms with Gasteiger partial charge in [-0.3, -0.25) is 9.59 Å². The molecule has 2 saturated carbocycles. The molecule has 0 unspecified atom stereocenters. The van der Waals surface area contributed by atoms with Gasteiger partial charge in [0.05, 0.1) is 0 Å². The summed E-state index contributed by atoms with van der Waals surface area (Å²) in [5.41, 5.74) is 5.07. The van der Waals surface area contributed by atoms with Crippen LogP contribution in [0.3, 0.4) is 0 Å². The Morgan fingerprint density at radius 3 is 1.05 bits per heavy atom. The zero-order chi connectivity index (χ0) is 27.8. The van der Waals surface area contributed by atoms with Crippen LogP contribution < -0.4 is 5.73 Å². The van der Waals surface area contributed by atoms with Crippen molar-refractivity contribution in [3.63, 3.8) is 0 Å². The minimum Gasteiger partial charge on any atom is -0.387 e. The van der Waals surface area contributed by atoms with Crippen molar-refractivity contribution in [3.05, 3.63) is 0 Å². The van der Waals surface area contributed by atoms with Crippen molar-refractivity contribution >= 4 is 11.8 Å². The Hall–Kier alpha value is -1.22. The molecule has 2 rings (SSSR count). The van der Waals surface area contributed by atoms with Crippen molar-refractivity contribution in [2.75, 3.05) is 0 Å². The van der Waals surface area contributed by atoms with E-state index in [2.05, 4.69) is 0 Å². The second-order valence-corrected chi connectivity index (χ2v) is 11.8. The molecule has 6 N–H and O–H groups in total. The number of hydrogen-bond donors (Lipinski definition) is 5. The van der Waals surface area contributed by atoms with Crippen LogP contribution in [0, 0.1) is 0 Å². The average molecular weight is 541 g/mol. The zero-order valence-corrected chi connectivity index (χ0v) is 23.7. The molecule has 2 fully saturated rings. The maximum Gasteiger partial charge on any atom is 0.254 e. The highest BCUT2D eigenvalue weighted by Crippen LogP contribution is 2.29. The number of aliphatic hydroxyl groups excluding tert-OH is 4. The number of nitrogens with zero attached hydrogens (tertiary/aromatic N) is 1. The van der Waals surface area contributed by atoms with Crippen molar-refractivity contribution in [3.8, 4) is 0 Å². The maximum atomic E-state index is 13.9. The van der Waals surface area contributed by atoms with E-state index in [1.165, 1.54) is 64.2 Å². The Morgan fingerprint density at radius 2 is 0.763 bits per heavy atom. The number of hydrogen-bond acceptors (Lipinski definition) is 6. The monoisotopic (exact) mass is 540 g/mol. The maximum absolute atomic E-state index is 13.9. The molecule has 2 amide bonds. The number of aliphatic hydroxyl groups is 4. The first-order chi connectivity index (χ1) is 18.3. The molecular weight excluding hydrogens is 484 g/mol. The summed E-state index contributed by atoms with van der Waals surface area (Å²) >= 11 is 0. The number of primary amides is 1. The van der Waals surface area contributed by atoms with Crippen LogP contribution in [0.2, 0.25) is 0 Å². The van der Waals surface area contributed by atoms with E-state index in [-0.39, 0.29) is 12.1 Å². The third-order valence-corrected chi connectivity index (χ3v) is 8.73. The molecule has 0 saturated heterocycles. The molecule has 222 valence electrons. The van der Waals surface area contributed by atoms with Crippen molar-refractivity contribution < 1.29 is 30.0 Å². The largest absolute Gasteiger partial charge is 0.387 e. The highest BCUT2D eigenvalue weighted by molar-refractivity contribution is 5.83. The molecule has 2 aliphatic rings. The lowest BCUT2D eigenvalue weighted by atomic mass is 9.91. The van der Waals surface area contributed by atoms with E-state index in [4.69, 9.17) is 5.73 Å². The topological polar surface area (TPSA) is 144 Å². The summed E-state index contributed by atoms with van der Waals surface area (Å²) in [4.78, 5) is 27.2. The number of carbonyl (C=O) groups excluding carboxylic acids is 2. The van der Waals surface area contributed by atoms with Gasteiger partial charge in [0.25, 0.3) is 5.91 Å². The van der Waals surface area contributed by atoms with E-state index >= 15 is 0 Å². The van der Waals surface area contributed by atoms with Gasteiger partial charge in [0.1, 0.15) is 12.2 Å². The van der Waals surface area contributed by atoms with E-state index in [1.807, 2.05) is 4.90 Å². The van der Waals surface area contributed by atoms with Gasteiger partial charge >= 0.3 is 0 Å². The van der Waals surface area contributed by atoms with E-state index in [0.717, 1.165) is 77.0 Å². The first-order valence-electron chi connectivity index (χ1n) is 15.7. The normalized spacial score (nSPS) is 24.3. The highest BCUT2D eigenvalue weighted by atomic mass is 16.4. The van der Waals surface area contributed by atoms with Gasteiger partial charge < -0.3 is 31.1 Å². The molecule has 0 spiro atoms. The van der Waals surface area contributed by atoms with Crippen LogP contribution in [0.1, 0.15) is 141 Å². The number of amides is 2. The molecule has 2 aliphatic carbocycles. The van der Waals surface area contributed by atoms with Gasteiger partial charge in [0.15, 0.2) is 12.2 Å². The summed E-state index contributed by atoms with van der Waals surface area (Å²) < 4.78 is 0. The van der Waals surface area contributed by atoms with Crippen LogP contribution in [-0.2, 0) is 9.59 Å². The smallest absolute Gasteiger partial charge is 0.254 e. The first-order valence-corrected chi connectivity index (χ1v) is 15.7. The summed E-state index contributed by atoms with van der Waals surface area (Å²) in [6, 6.07) is -0.0835. The second kappa shape index (κ2) is 19.0. The van der Waals surface area contributed by atoms with Crippen LogP contribution in [0.4, 0.5) is 0 Å². The quantitative estimate of drug-likeness (QED) is 0.329. The fourth-order valence-electron chi connectivity index (χ4n) is 6.34. The molecule has 0 aliphatic heterocycles. The lowest BCUT2D eigenvalue weighted by molar-refractivity contribution is -0.165.